The van der Waals surface area contributed by atoms with Crippen LogP contribution in [0.15, 0.2) is 54.7 Å². The van der Waals surface area contributed by atoms with Gasteiger partial charge in [-0.3, -0.25) is 43.2 Å². The second-order valence-electron chi connectivity index (χ2n) is 19.6. The number of aromatic amines is 1. The molecule has 2 aromatic carbocycles. The van der Waals surface area contributed by atoms with Crippen molar-refractivity contribution in [3.8, 4) is 5.75 Å². The first kappa shape index (κ1) is 62.9. The number of H-pyrrole nitrogens is 1. The van der Waals surface area contributed by atoms with Crippen molar-refractivity contribution in [3.63, 3.8) is 0 Å². The molecule has 9 atom stereocenters. The Morgan fingerprint density at radius 1 is 0.613 bits per heavy atom. The van der Waals surface area contributed by atoms with Gasteiger partial charge in [0.15, 0.2) is 0 Å². The first-order chi connectivity index (χ1) is 38.2. The lowest BCUT2D eigenvalue weighted by atomic mass is 10.0. The summed E-state index contributed by atoms with van der Waals surface area (Å²) in [5, 5.41) is 62.1. The van der Waals surface area contributed by atoms with Gasteiger partial charge in [-0.2, -0.15) is 11.8 Å². The van der Waals surface area contributed by atoms with Crippen molar-refractivity contribution >= 4 is 88.0 Å². The number of thioether (sulfide) groups is 1. The number of para-hydroxylation sites is 1. The van der Waals surface area contributed by atoms with Gasteiger partial charge in [0.05, 0.1) is 31.5 Å². The average molecular weight is 1140 g/mol. The van der Waals surface area contributed by atoms with Crippen LogP contribution in [0.25, 0.3) is 10.9 Å². The first-order valence-corrected chi connectivity index (χ1v) is 27.5. The maximum absolute atomic E-state index is 14.8. The van der Waals surface area contributed by atoms with E-state index in [4.69, 9.17) is 16.6 Å². The van der Waals surface area contributed by atoms with Gasteiger partial charge in [0.25, 0.3) is 0 Å². The Labute approximate surface area is 464 Å². The maximum atomic E-state index is 14.8. The SMILES string of the molecule is NCCCC[C@H](NC(=O)[C@H](Cc1ccc(O)cc1)NC(=O)[C@H](Cc1c[nH]c2ccccc12)NC(=O)[C@@H](CCCCN)NC(=O)CCCC[C@@H]1SC[C@@H]2NC(=O)N[C@@H]21)C(=O)N[C@@H](CC(=O)O)C(=O)NCC(=O)N[C@@H](CC(=O)O)C(=O)O. The van der Waals surface area contributed by atoms with E-state index in [1.165, 1.54) is 24.3 Å². The van der Waals surface area contributed by atoms with E-state index in [0.717, 1.165) is 23.1 Å². The molecule has 5 rings (SSSR count). The number of benzene rings is 2. The molecule has 0 spiro atoms. The van der Waals surface area contributed by atoms with E-state index in [-0.39, 0.29) is 80.1 Å². The first-order valence-electron chi connectivity index (χ1n) is 26.4. The predicted octanol–water partition coefficient (Wildman–Crippen LogP) is -1.30. The third-order valence-corrected chi connectivity index (χ3v) is 15.0. The molecule has 0 aliphatic carbocycles. The van der Waals surface area contributed by atoms with Gasteiger partial charge in [-0.15, -0.1) is 0 Å². The van der Waals surface area contributed by atoms with E-state index < -0.39 is 109 Å². The highest BCUT2D eigenvalue weighted by Crippen LogP contribution is 2.33. The van der Waals surface area contributed by atoms with Crippen molar-refractivity contribution in [1.82, 2.24) is 52.8 Å². The summed E-state index contributed by atoms with van der Waals surface area (Å²) in [6, 6.07) is 3.58. The van der Waals surface area contributed by atoms with Gasteiger partial charge in [0, 0.05) is 47.4 Å². The van der Waals surface area contributed by atoms with Crippen molar-refractivity contribution in [2.24, 2.45) is 11.5 Å². The molecule has 0 unspecified atom stereocenters. The molecule has 18 N–H and O–H groups in total. The third-order valence-electron chi connectivity index (χ3n) is 13.4. The molecule has 3 aromatic rings. The van der Waals surface area contributed by atoms with Crippen molar-refractivity contribution in [2.45, 2.75) is 143 Å². The van der Waals surface area contributed by atoms with Crippen molar-refractivity contribution in [3.05, 3.63) is 65.9 Å². The summed E-state index contributed by atoms with van der Waals surface area (Å²) in [7, 11) is 0. The second-order valence-corrected chi connectivity index (χ2v) is 20.9. The van der Waals surface area contributed by atoms with Crippen LogP contribution < -0.4 is 59.3 Å². The van der Waals surface area contributed by atoms with Crippen LogP contribution in [0.1, 0.15) is 88.2 Å². The number of carbonyl (C=O) groups excluding carboxylic acids is 8. The summed E-state index contributed by atoms with van der Waals surface area (Å²) < 4.78 is 0. The molecule has 2 aliphatic rings. The lowest BCUT2D eigenvalue weighted by Gasteiger charge is -2.27. The lowest BCUT2D eigenvalue weighted by molar-refractivity contribution is -0.147. The highest BCUT2D eigenvalue weighted by molar-refractivity contribution is 8.00. The fourth-order valence-electron chi connectivity index (χ4n) is 9.25. The summed E-state index contributed by atoms with van der Waals surface area (Å²) in [6.07, 6.45) is 3.01. The molecule has 27 nitrogen and oxygen atoms in total. The maximum Gasteiger partial charge on any atom is 0.326 e. The second kappa shape index (κ2) is 31.6. The molecular weight excluding hydrogens is 1060 g/mol. The molecule has 3 heterocycles. The zero-order valence-electron chi connectivity index (χ0n) is 44.0. The number of aromatic nitrogens is 1. The fraction of sp³-hybridized carbons (Fsp3) is 0.519. The number of aromatic hydroxyl groups is 1. The van der Waals surface area contributed by atoms with Crippen molar-refractivity contribution in [2.75, 3.05) is 25.4 Å². The highest BCUT2D eigenvalue weighted by Gasteiger charge is 2.43. The molecule has 0 bridgehead atoms. The molecule has 28 heteroatoms. The van der Waals surface area contributed by atoms with Gasteiger partial charge in [-0.05, 0) is 93.8 Å². The van der Waals surface area contributed by atoms with Gasteiger partial charge < -0.3 is 84.7 Å². The Morgan fingerprint density at radius 3 is 1.80 bits per heavy atom. The van der Waals surface area contributed by atoms with Crippen LogP contribution in [0.3, 0.4) is 0 Å². The molecule has 2 fully saturated rings. The fourth-order valence-corrected chi connectivity index (χ4v) is 10.8. The minimum absolute atomic E-state index is 0.0164. The Balaban J connectivity index is 1.35. The number of unbranched alkanes of at least 4 members (excludes halogenated alkanes) is 3. The van der Waals surface area contributed by atoms with Gasteiger partial charge in [0.1, 0.15) is 42.0 Å². The Kier molecular flexibility index (Phi) is 24.8. The van der Waals surface area contributed by atoms with Gasteiger partial charge in [0.2, 0.25) is 41.4 Å². The number of hydrogen-bond acceptors (Lipinski definition) is 15. The number of carboxylic acid groups (broad SMARTS) is 3. The summed E-state index contributed by atoms with van der Waals surface area (Å²) in [5.74, 6) is -10.4. The minimum atomic E-state index is -1.87. The number of amides is 9. The van der Waals surface area contributed by atoms with E-state index in [1.807, 2.05) is 23.5 Å². The van der Waals surface area contributed by atoms with Crippen LogP contribution in [0, 0.1) is 0 Å². The number of phenols is 1. The molecule has 0 radical (unpaired) electrons. The molecule has 2 saturated heterocycles. The molecule has 436 valence electrons. The van der Waals surface area contributed by atoms with Crippen LogP contribution in [-0.4, -0.2) is 170 Å². The van der Waals surface area contributed by atoms with E-state index in [9.17, 15) is 68.1 Å². The Bertz CT molecular complexity index is 2670. The van der Waals surface area contributed by atoms with Gasteiger partial charge in [-0.1, -0.05) is 36.8 Å². The van der Waals surface area contributed by atoms with Gasteiger partial charge in [-0.25, -0.2) is 9.59 Å². The average Bonchev–Trinajstić information content (AvgIpc) is 4.13. The molecule has 2 aliphatic heterocycles. The van der Waals surface area contributed by atoms with Crippen LogP contribution in [-0.2, 0) is 60.8 Å². The van der Waals surface area contributed by atoms with Crippen molar-refractivity contribution in [1.29, 1.82) is 0 Å². The van der Waals surface area contributed by atoms with E-state index in [1.54, 1.807) is 24.0 Å². The van der Waals surface area contributed by atoms with Crippen LogP contribution in [0.2, 0.25) is 0 Å². The number of nitrogens with one attached hydrogen (secondary N) is 10. The summed E-state index contributed by atoms with van der Waals surface area (Å²) >= 11 is 1.77. The van der Waals surface area contributed by atoms with Crippen LogP contribution in [0.4, 0.5) is 4.79 Å². The number of phenolic OH excluding ortho intramolecular Hbond substituents is 1. The topological polar surface area (TPSA) is 445 Å². The number of aliphatic carboxylic acids is 3. The van der Waals surface area contributed by atoms with Crippen molar-refractivity contribution < 1.29 is 73.2 Å². The zero-order valence-corrected chi connectivity index (χ0v) is 44.8. The number of nitrogens with two attached hydrogens (primary N) is 2. The highest BCUT2D eigenvalue weighted by atomic mass is 32.2. The van der Waals surface area contributed by atoms with Gasteiger partial charge >= 0.3 is 23.9 Å². The number of hydrogen-bond donors (Lipinski definition) is 16. The standard InChI is InChI=1S/C52H72N12O15S/c53-19-7-5-11-33(57-41(66)14-4-3-13-40-45-39(27-80-40)63-52(79)64-45)47(73)61-36(22-29-25-55-32-10-2-1-9-31(29)32)50(76)60-35(21-28-15-17-30(65)18-16-28)49(75)59-34(12-6-8-20-54)48(74)62-37(23-43(68)69)46(72)56-26-42(67)58-38(51(77)78)24-44(70)71/h1-2,9-10,15-18,25,33-40,45,55,65H,3-8,11-14,19-24,26-27,53-54H2,(H,56,72)(H,57,66)(H,58,67)(H,59,75)(H,60,76)(H,61,73)(H,62,74)(H,68,69)(H,70,71)(H,77,78)(H2,63,64,79)/t33-,34+,35+,36+,37+,38+,39+,40+,45+/m1/s1. The molecule has 1 aromatic heterocycles. The lowest BCUT2D eigenvalue weighted by Crippen LogP contribution is -2.60. The summed E-state index contributed by atoms with van der Waals surface area (Å²) in [6.45, 7) is -0.454. The summed E-state index contributed by atoms with van der Waals surface area (Å²) in [5.41, 5.74) is 13.3. The largest absolute Gasteiger partial charge is 0.508 e. The number of carboxylic acids is 3. The monoisotopic (exact) mass is 1140 g/mol. The van der Waals surface area contributed by atoms with E-state index in [0.29, 0.717) is 49.8 Å². The predicted molar refractivity (Wildman–Crippen MR) is 290 cm³/mol. The number of urea groups is 1. The van der Waals surface area contributed by atoms with Crippen LogP contribution in [0.5, 0.6) is 5.75 Å². The third kappa shape index (κ3) is 20.0. The van der Waals surface area contributed by atoms with E-state index in [2.05, 4.69) is 47.5 Å². The summed E-state index contributed by atoms with van der Waals surface area (Å²) in [4.78, 5) is 147. The Hall–Kier alpha value is -7.98. The van der Waals surface area contributed by atoms with Crippen LogP contribution >= 0.6 is 11.8 Å². The minimum Gasteiger partial charge on any atom is -0.508 e. The normalized spacial score (nSPS) is 17.6. The Morgan fingerprint density at radius 2 is 1.18 bits per heavy atom. The molecule has 80 heavy (non-hydrogen) atoms. The molecule has 9 amide bonds. The molecule has 0 saturated carbocycles. The smallest absolute Gasteiger partial charge is 0.326 e. The zero-order chi connectivity index (χ0) is 58.3. The number of carbonyl (C=O) groups is 11. The number of fused-ring (bicyclic) bond motifs is 2. The van der Waals surface area contributed by atoms with E-state index >= 15 is 0 Å². The quantitative estimate of drug-likeness (QED) is 0.0240. The number of rotatable bonds is 35. The molecular formula is C52H72N12O15S.